The van der Waals surface area contributed by atoms with E-state index in [1.807, 2.05) is 6.92 Å². The SMILES string of the molecule is CCC(CC)CN(CC)CCC(C)(NC1CC1)C(=O)OC. The van der Waals surface area contributed by atoms with Gasteiger partial charge < -0.3 is 9.64 Å². The molecule has 21 heavy (non-hydrogen) atoms. The third-order valence-corrected chi connectivity index (χ3v) is 4.78. The highest BCUT2D eigenvalue weighted by molar-refractivity contribution is 5.80. The Morgan fingerprint density at radius 3 is 2.38 bits per heavy atom. The van der Waals surface area contributed by atoms with Crippen LogP contribution in [0.5, 0.6) is 0 Å². The van der Waals surface area contributed by atoms with Crippen LogP contribution in [0.1, 0.15) is 59.8 Å². The molecule has 1 N–H and O–H groups in total. The van der Waals surface area contributed by atoms with Gasteiger partial charge >= 0.3 is 5.97 Å². The smallest absolute Gasteiger partial charge is 0.325 e. The molecule has 1 aliphatic rings. The number of nitrogens with zero attached hydrogens (tertiary/aromatic N) is 1. The van der Waals surface area contributed by atoms with E-state index in [1.54, 1.807) is 0 Å². The van der Waals surface area contributed by atoms with Gasteiger partial charge in [0.2, 0.25) is 0 Å². The molecular weight excluding hydrogens is 264 g/mol. The van der Waals surface area contributed by atoms with Crippen molar-refractivity contribution < 1.29 is 9.53 Å². The number of rotatable bonds is 11. The van der Waals surface area contributed by atoms with Gasteiger partial charge in [0.15, 0.2) is 0 Å². The van der Waals surface area contributed by atoms with Gasteiger partial charge in [-0.2, -0.15) is 0 Å². The van der Waals surface area contributed by atoms with E-state index in [0.717, 1.165) is 32.0 Å². The molecule has 4 heteroatoms. The molecular formula is C17H34N2O2. The van der Waals surface area contributed by atoms with Crippen LogP contribution in [-0.4, -0.2) is 49.2 Å². The normalized spacial score (nSPS) is 18.0. The van der Waals surface area contributed by atoms with Crippen LogP contribution in [-0.2, 0) is 9.53 Å². The zero-order valence-electron chi connectivity index (χ0n) is 14.6. The first kappa shape index (κ1) is 18.4. The maximum atomic E-state index is 12.1. The van der Waals surface area contributed by atoms with Crippen molar-refractivity contribution in [3.63, 3.8) is 0 Å². The van der Waals surface area contributed by atoms with Crippen molar-refractivity contribution in [2.75, 3.05) is 26.7 Å². The maximum Gasteiger partial charge on any atom is 0.325 e. The number of ether oxygens (including phenoxy) is 1. The average molecular weight is 298 g/mol. The third kappa shape index (κ3) is 5.95. The molecule has 1 aliphatic carbocycles. The van der Waals surface area contributed by atoms with Crippen LogP contribution in [0.2, 0.25) is 0 Å². The molecule has 0 radical (unpaired) electrons. The minimum atomic E-state index is -0.544. The predicted molar refractivity (Wildman–Crippen MR) is 87.4 cm³/mol. The fourth-order valence-electron chi connectivity index (χ4n) is 2.81. The lowest BCUT2D eigenvalue weighted by Crippen LogP contribution is -2.53. The van der Waals surface area contributed by atoms with Crippen molar-refractivity contribution in [3.05, 3.63) is 0 Å². The summed E-state index contributed by atoms with van der Waals surface area (Å²) >= 11 is 0. The van der Waals surface area contributed by atoms with Gasteiger partial charge in [-0.15, -0.1) is 0 Å². The van der Waals surface area contributed by atoms with Gasteiger partial charge in [-0.3, -0.25) is 10.1 Å². The van der Waals surface area contributed by atoms with Crippen LogP contribution in [0.25, 0.3) is 0 Å². The molecule has 0 spiro atoms. The lowest BCUT2D eigenvalue weighted by atomic mass is 9.96. The number of hydrogen-bond acceptors (Lipinski definition) is 4. The first-order valence-corrected chi connectivity index (χ1v) is 8.57. The number of esters is 1. The van der Waals surface area contributed by atoms with Gasteiger partial charge in [-0.25, -0.2) is 0 Å². The molecule has 124 valence electrons. The van der Waals surface area contributed by atoms with Crippen molar-refractivity contribution in [2.45, 2.75) is 71.4 Å². The summed E-state index contributed by atoms with van der Waals surface area (Å²) in [5, 5.41) is 3.48. The Morgan fingerprint density at radius 2 is 1.95 bits per heavy atom. The molecule has 1 rings (SSSR count). The Bertz CT molecular complexity index is 314. The van der Waals surface area contributed by atoms with Crippen molar-refractivity contribution in [1.29, 1.82) is 0 Å². The summed E-state index contributed by atoms with van der Waals surface area (Å²) in [6.45, 7) is 11.8. The summed E-state index contributed by atoms with van der Waals surface area (Å²) < 4.78 is 5.01. The van der Waals surface area contributed by atoms with Crippen molar-refractivity contribution in [2.24, 2.45) is 5.92 Å². The second-order valence-electron chi connectivity index (χ2n) is 6.57. The van der Waals surface area contributed by atoms with E-state index in [1.165, 1.54) is 32.8 Å². The minimum Gasteiger partial charge on any atom is -0.468 e. The van der Waals surface area contributed by atoms with Crippen molar-refractivity contribution >= 4 is 5.97 Å². The molecule has 0 heterocycles. The Kier molecular flexibility index (Phi) is 7.67. The van der Waals surface area contributed by atoms with Crippen molar-refractivity contribution in [1.82, 2.24) is 10.2 Å². The number of carbonyl (C=O) groups excluding carboxylic acids is 1. The summed E-state index contributed by atoms with van der Waals surface area (Å²) in [6.07, 6.45) is 5.61. The summed E-state index contributed by atoms with van der Waals surface area (Å²) in [5.74, 6) is 0.624. The molecule has 0 aromatic rings. The molecule has 0 aromatic carbocycles. The topological polar surface area (TPSA) is 41.6 Å². The Hall–Kier alpha value is -0.610. The fraction of sp³-hybridized carbons (Fsp3) is 0.941. The summed E-state index contributed by atoms with van der Waals surface area (Å²) in [5.41, 5.74) is -0.544. The second-order valence-corrected chi connectivity index (χ2v) is 6.57. The molecule has 0 amide bonds. The zero-order valence-corrected chi connectivity index (χ0v) is 14.6. The van der Waals surface area contributed by atoms with Crippen LogP contribution >= 0.6 is 0 Å². The van der Waals surface area contributed by atoms with Crippen LogP contribution < -0.4 is 5.32 Å². The van der Waals surface area contributed by atoms with E-state index in [9.17, 15) is 4.79 Å². The molecule has 0 saturated heterocycles. The predicted octanol–water partition coefficient (Wildman–Crippen LogP) is 2.82. The van der Waals surface area contributed by atoms with Crippen molar-refractivity contribution in [3.8, 4) is 0 Å². The van der Waals surface area contributed by atoms with E-state index in [0.29, 0.717) is 6.04 Å². The van der Waals surface area contributed by atoms with Gasteiger partial charge in [-0.1, -0.05) is 33.6 Å². The Labute approximate surface area is 130 Å². The fourth-order valence-corrected chi connectivity index (χ4v) is 2.81. The van der Waals surface area contributed by atoms with Crippen LogP contribution in [0.15, 0.2) is 0 Å². The number of carbonyl (C=O) groups is 1. The maximum absolute atomic E-state index is 12.1. The molecule has 0 bridgehead atoms. The molecule has 0 aliphatic heterocycles. The monoisotopic (exact) mass is 298 g/mol. The first-order valence-electron chi connectivity index (χ1n) is 8.57. The van der Waals surface area contributed by atoms with E-state index in [-0.39, 0.29) is 5.97 Å². The average Bonchev–Trinajstić information content (AvgIpc) is 3.30. The molecule has 1 saturated carbocycles. The minimum absolute atomic E-state index is 0.131. The van der Waals surface area contributed by atoms with Crippen LogP contribution in [0.3, 0.4) is 0 Å². The van der Waals surface area contributed by atoms with E-state index in [4.69, 9.17) is 4.74 Å². The van der Waals surface area contributed by atoms with Gasteiger partial charge in [0.25, 0.3) is 0 Å². The van der Waals surface area contributed by atoms with Crippen LogP contribution in [0, 0.1) is 5.92 Å². The van der Waals surface area contributed by atoms with Gasteiger partial charge in [-0.05, 0) is 38.6 Å². The van der Waals surface area contributed by atoms with E-state index in [2.05, 4.69) is 31.0 Å². The van der Waals surface area contributed by atoms with Gasteiger partial charge in [0.1, 0.15) is 5.54 Å². The highest BCUT2D eigenvalue weighted by Crippen LogP contribution is 2.25. The number of hydrogen-bond donors (Lipinski definition) is 1. The molecule has 1 fully saturated rings. The van der Waals surface area contributed by atoms with E-state index < -0.39 is 5.54 Å². The lowest BCUT2D eigenvalue weighted by molar-refractivity contribution is -0.148. The first-order chi connectivity index (χ1) is 9.98. The highest BCUT2D eigenvalue weighted by Gasteiger charge is 2.39. The summed E-state index contributed by atoms with van der Waals surface area (Å²) in [4.78, 5) is 14.6. The van der Waals surface area contributed by atoms with Gasteiger partial charge in [0, 0.05) is 19.1 Å². The number of nitrogens with one attached hydrogen (secondary N) is 1. The Morgan fingerprint density at radius 1 is 1.33 bits per heavy atom. The zero-order chi connectivity index (χ0) is 15.9. The molecule has 1 atom stereocenters. The van der Waals surface area contributed by atoms with Crippen LogP contribution in [0.4, 0.5) is 0 Å². The van der Waals surface area contributed by atoms with E-state index >= 15 is 0 Å². The largest absolute Gasteiger partial charge is 0.468 e. The highest BCUT2D eigenvalue weighted by atomic mass is 16.5. The molecule has 1 unspecified atom stereocenters. The Balaban J connectivity index is 2.54. The second kappa shape index (κ2) is 8.74. The number of methoxy groups -OCH3 is 1. The standard InChI is InChI=1S/C17H34N2O2/c1-6-14(7-2)13-19(8-3)12-11-17(4,16(20)21-5)18-15-9-10-15/h14-15,18H,6-13H2,1-5H3. The third-order valence-electron chi connectivity index (χ3n) is 4.78. The summed E-state index contributed by atoms with van der Waals surface area (Å²) in [6, 6.07) is 0.503. The quantitative estimate of drug-likeness (QED) is 0.596. The molecule has 0 aromatic heterocycles. The lowest BCUT2D eigenvalue weighted by Gasteiger charge is -2.32. The summed E-state index contributed by atoms with van der Waals surface area (Å²) in [7, 11) is 1.48. The van der Waals surface area contributed by atoms with Gasteiger partial charge in [0.05, 0.1) is 7.11 Å². The molecule has 4 nitrogen and oxygen atoms in total.